The van der Waals surface area contributed by atoms with Gasteiger partial charge in [0.1, 0.15) is 11.4 Å². The molecule has 4 aromatic rings. The maximum atomic E-state index is 11.6. The summed E-state index contributed by atoms with van der Waals surface area (Å²) in [6.07, 6.45) is 1.50. The van der Waals surface area contributed by atoms with Gasteiger partial charge in [-0.15, -0.1) is 5.10 Å². The maximum Gasteiger partial charge on any atom is 0.308 e. The number of nitrogens with zero attached hydrogens (tertiary/aromatic N) is 2. The highest BCUT2D eigenvalue weighted by atomic mass is 16.5. The number of hydrogen-bond donors (Lipinski definition) is 0. The predicted molar refractivity (Wildman–Crippen MR) is 102 cm³/mol. The number of rotatable bonds is 4. The van der Waals surface area contributed by atoms with E-state index in [1.54, 1.807) is 6.07 Å². The lowest BCUT2D eigenvalue weighted by Gasteiger charge is -2.15. The van der Waals surface area contributed by atoms with Crippen molar-refractivity contribution in [1.82, 2.24) is 10.4 Å². The number of aromatic nitrogens is 2. The summed E-state index contributed by atoms with van der Waals surface area (Å²) in [7, 11) is 0. The van der Waals surface area contributed by atoms with E-state index in [1.165, 1.54) is 13.2 Å². The molecule has 0 fully saturated rings. The van der Waals surface area contributed by atoms with Crippen LogP contribution in [0.25, 0.3) is 33.5 Å². The number of benzene rings is 3. The lowest BCUT2D eigenvalue weighted by molar-refractivity contribution is -0.131. The van der Waals surface area contributed by atoms with Crippen LogP contribution in [-0.2, 0) is 4.79 Å². The van der Waals surface area contributed by atoms with Crippen molar-refractivity contribution in [2.75, 3.05) is 0 Å². The van der Waals surface area contributed by atoms with E-state index in [4.69, 9.17) is 9.26 Å². The molecule has 0 bridgehead atoms. The van der Waals surface area contributed by atoms with Crippen LogP contribution < -0.4 is 4.74 Å². The Morgan fingerprint density at radius 3 is 2.37 bits per heavy atom. The van der Waals surface area contributed by atoms with E-state index in [2.05, 4.69) is 10.4 Å². The van der Waals surface area contributed by atoms with Gasteiger partial charge < -0.3 is 9.26 Å². The fourth-order valence-corrected chi connectivity index (χ4v) is 3.02. The quantitative estimate of drug-likeness (QED) is 0.380. The molecule has 0 unspecified atom stereocenters. The van der Waals surface area contributed by atoms with Crippen molar-refractivity contribution in [3.63, 3.8) is 0 Å². The zero-order chi connectivity index (χ0) is 18.6. The van der Waals surface area contributed by atoms with Gasteiger partial charge in [-0.05, 0) is 28.8 Å². The average molecular weight is 356 g/mol. The normalized spacial score (nSPS) is 10.6. The molecule has 0 saturated carbocycles. The molecule has 0 aliphatic carbocycles. The Kier molecular flexibility index (Phi) is 4.49. The molecular formula is C22H16N2O3. The van der Waals surface area contributed by atoms with E-state index in [0.717, 1.165) is 27.8 Å². The van der Waals surface area contributed by atoms with Gasteiger partial charge in [0.15, 0.2) is 6.26 Å². The van der Waals surface area contributed by atoms with E-state index < -0.39 is 0 Å². The molecule has 1 heterocycles. The summed E-state index contributed by atoms with van der Waals surface area (Å²) in [5.74, 6) is 0.151. The number of carbonyl (C=O) groups excluding carboxylic acids is 1. The summed E-state index contributed by atoms with van der Waals surface area (Å²) in [4.78, 5) is 11.6. The third-order valence-corrected chi connectivity index (χ3v) is 4.19. The van der Waals surface area contributed by atoms with Crippen molar-refractivity contribution in [2.24, 2.45) is 0 Å². The van der Waals surface area contributed by atoms with Gasteiger partial charge in [-0.25, -0.2) is 0 Å². The van der Waals surface area contributed by atoms with Gasteiger partial charge in [0.05, 0.1) is 0 Å². The molecule has 4 rings (SSSR count). The van der Waals surface area contributed by atoms with Crippen molar-refractivity contribution in [1.29, 1.82) is 0 Å². The summed E-state index contributed by atoms with van der Waals surface area (Å²) in [6, 6.07) is 23.5. The van der Waals surface area contributed by atoms with Crippen LogP contribution in [-0.4, -0.2) is 16.3 Å². The van der Waals surface area contributed by atoms with Gasteiger partial charge in [-0.1, -0.05) is 60.7 Å². The number of ether oxygens (including phenoxy) is 1. The highest BCUT2D eigenvalue weighted by Gasteiger charge is 2.15. The van der Waals surface area contributed by atoms with Crippen LogP contribution >= 0.6 is 0 Å². The first-order valence-electron chi connectivity index (χ1n) is 8.47. The molecule has 5 nitrogen and oxygen atoms in total. The van der Waals surface area contributed by atoms with E-state index in [0.29, 0.717) is 11.4 Å². The monoisotopic (exact) mass is 356 g/mol. The molecule has 0 aliphatic rings. The van der Waals surface area contributed by atoms with Gasteiger partial charge in [0.2, 0.25) is 0 Å². The number of esters is 1. The summed E-state index contributed by atoms with van der Waals surface area (Å²) in [5.41, 5.74) is 5.35. The maximum absolute atomic E-state index is 11.6. The second-order valence-corrected chi connectivity index (χ2v) is 6.01. The Bertz CT molecular complexity index is 1070. The lowest BCUT2D eigenvalue weighted by Crippen LogP contribution is -2.02. The SMILES string of the molecule is CC(=O)Oc1ccccc1-c1cc(-c2conn2)ccc1-c1ccccc1. The second kappa shape index (κ2) is 7.25. The van der Waals surface area contributed by atoms with Crippen LogP contribution in [0.2, 0.25) is 0 Å². The first-order valence-corrected chi connectivity index (χ1v) is 8.47. The molecule has 0 amide bonds. The Balaban J connectivity index is 1.94. The second-order valence-electron chi connectivity index (χ2n) is 6.01. The van der Waals surface area contributed by atoms with Crippen LogP contribution in [0.1, 0.15) is 6.92 Å². The summed E-state index contributed by atoms with van der Waals surface area (Å²) < 4.78 is 10.3. The first-order chi connectivity index (χ1) is 13.2. The minimum atomic E-state index is -0.361. The van der Waals surface area contributed by atoms with Crippen LogP contribution in [0.15, 0.2) is 83.6 Å². The van der Waals surface area contributed by atoms with Crippen LogP contribution in [0.5, 0.6) is 5.75 Å². The Morgan fingerprint density at radius 2 is 1.63 bits per heavy atom. The van der Waals surface area contributed by atoms with Gasteiger partial charge in [0.25, 0.3) is 0 Å². The zero-order valence-electron chi connectivity index (χ0n) is 14.6. The molecule has 132 valence electrons. The number of carbonyl (C=O) groups is 1. The zero-order valence-corrected chi connectivity index (χ0v) is 14.6. The summed E-state index contributed by atoms with van der Waals surface area (Å²) in [6.45, 7) is 1.40. The first kappa shape index (κ1) is 16.7. The molecule has 3 aromatic carbocycles. The fourth-order valence-electron chi connectivity index (χ4n) is 3.02. The minimum Gasteiger partial charge on any atom is -0.426 e. The van der Waals surface area contributed by atoms with Crippen LogP contribution in [0.3, 0.4) is 0 Å². The molecule has 0 spiro atoms. The van der Waals surface area contributed by atoms with Gasteiger partial charge in [-0.2, -0.15) is 0 Å². The number of hydrogen-bond acceptors (Lipinski definition) is 5. The Morgan fingerprint density at radius 1 is 0.852 bits per heavy atom. The fraction of sp³-hybridized carbons (Fsp3) is 0.0455. The predicted octanol–water partition coefficient (Wildman–Crippen LogP) is 5.00. The van der Waals surface area contributed by atoms with Gasteiger partial charge in [0, 0.05) is 23.3 Å². The molecular weight excluding hydrogens is 340 g/mol. The van der Waals surface area contributed by atoms with Crippen molar-refractivity contribution in [3.8, 4) is 39.3 Å². The van der Waals surface area contributed by atoms with Gasteiger partial charge in [-0.3, -0.25) is 4.79 Å². The van der Waals surface area contributed by atoms with E-state index in [9.17, 15) is 4.79 Å². The van der Waals surface area contributed by atoms with Crippen molar-refractivity contribution >= 4 is 5.97 Å². The largest absolute Gasteiger partial charge is 0.426 e. The van der Waals surface area contributed by atoms with Gasteiger partial charge >= 0.3 is 5.97 Å². The average Bonchev–Trinajstić information content (AvgIpc) is 3.23. The molecule has 1 aromatic heterocycles. The standard InChI is InChI=1S/C22H16N2O3/c1-15(25)27-22-10-6-5-9-19(22)20-13-17(21-14-26-24-23-21)11-12-18(20)16-7-3-2-4-8-16/h2-14H,1H3. The third kappa shape index (κ3) is 3.48. The van der Waals surface area contributed by atoms with Crippen LogP contribution in [0.4, 0.5) is 0 Å². The lowest BCUT2D eigenvalue weighted by atomic mass is 9.92. The summed E-state index contributed by atoms with van der Waals surface area (Å²) >= 11 is 0. The number of para-hydroxylation sites is 1. The molecule has 0 radical (unpaired) electrons. The Hall–Kier alpha value is -3.73. The molecule has 0 atom stereocenters. The molecule has 5 heteroatoms. The van der Waals surface area contributed by atoms with E-state index in [-0.39, 0.29) is 5.97 Å². The van der Waals surface area contributed by atoms with Crippen LogP contribution in [0, 0.1) is 0 Å². The molecule has 27 heavy (non-hydrogen) atoms. The van der Waals surface area contributed by atoms with Crippen molar-refractivity contribution in [3.05, 3.63) is 79.1 Å². The highest BCUT2D eigenvalue weighted by Crippen LogP contribution is 2.39. The molecule has 0 N–H and O–H groups in total. The topological polar surface area (TPSA) is 65.2 Å². The molecule has 0 aliphatic heterocycles. The highest BCUT2D eigenvalue weighted by molar-refractivity contribution is 5.89. The van der Waals surface area contributed by atoms with Crippen molar-refractivity contribution < 1.29 is 14.1 Å². The van der Waals surface area contributed by atoms with E-state index >= 15 is 0 Å². The van der Waals surface area contributed by atoms with E-state index in [1.807, 2.05) is 66.7 Å². The Labute approximate surface area is 156 Å². The van der Waals surface area contributed by atoms with Crippen molar-refractivity contribution in [2.45, 2.75) is 6.92 Å². The third-order valence-electron chi connectivity index (χ3n) is 4.19. The molecule has 0 saturated heterocycles. The smallest absolute Gasteiger partial charge is 0.308 e. The minimum absolute atomic E-state index is 0.361. The summed E-state index contributed by atoms with van der Waals surface area (Å²) in [5, 5.41) is 7.54.